The van der Waals surface area contributed by atoms with Gasteiger partial charge in [0.05, 0.1) is 5.92 Å². The number of amides is 1. The van der Waals surface area contributed by atoms with Crippen LogP contribution in [-0.2, 0) is 11.4 Å². The number of hydrogen-bond acceptors (Lipinski definition) is 3. The molecule has 2 aromatic carbocycles. The highest BCUT2D eigenvalue weighted by molar-refractivity contribution is 5.92. The Morgan fingerprint density at radius 3 is 2.59 bits per heavy atom. The van der Waals surface area contributed by atoms with E-state index in [1.165, 1.54) is 0 Å². The first-order valence-corrected chi connectivity index (χ1v) is 7.59. The molecular weight excluding hydrogens is 276 g/mol. The average molecular weight is 296 g/mol. The number of benzene rings is 2. The second-order valence-electron chi connectivity index (χ2n) is 5.48. The van der Waals surface area contributed by atoms with Gasteiger partial charge in [0.15, 0.2) is 0 Å². The number of nitrogens with one attached hydrogen (secondary N) is 2. The van der Waals surface area contributed by atoms with Crippen molar-refractivity contribution in [2.45, 2.75) is 13.0 Å². The predicted octanol–water partition coefficient (Wildman–Crippen LogP) is 2.81. The lowest BCUT2D eigenvalue weighted by atomic mass is 10.1. The van der Waals surface area contributed by atoms with Gasteiger partial charge in [-0.1, -0.05) is 30.3 Å². The minimum atomic E-state index is 0.0778. The van der Waals surface area contributed by atoms with Gasteiger partial charge in [-0.2, -0.15) is 0 Å². The van der Waals surface area contributed by atoms with Crippen LogP contribution in [0.4, 0.5) is 5.69 Å². The molecule has 0 aliphatic carbocycles. The van der Waals surface area contributed by atoms with Crippen LogP contribution in [0.1, 0.15) is 12.0 Å². The minimum Gasteiger partial charge on any atom is -0.489 e. The average Bonchev–Trinajstić information content (AvgIpc) is 3.10. The number of carbonyl (C=O) groups is 1. The Morgan fingerprint density at radius 2 is 1.91 bits per heavy atom. The van der Waals surface area contributed by atoms with Gasteiger partial charge >= 0.3 is 0 Å². The first-order valence-electron chi connectivity index (χ1n) is 7.59. The smallest absolute Gasteiger partial charge is 0.228 e. The van der Waals surface area contributed by atoms with Crippen molar-refractivity contribution in [3.05, 3.63) is 60.2 Å². The Morgan fingerprint density at radius 1 is 1.14 bits per heavy atom. The molecular formula is C18H20N2O2. The molecule has 114 valence electrons. The second-order valence-corrected chi connectivity index (χ2v) is 5.48. The number of rotatable bonds is 5. The van der Waals surface area contributed by atoms with Crippen molar-refractivity contribution in [2.24, 2.45) is 5.92 Å². The van der Waals surface area contributed by atoms with Crippen LogP contribution < -0.4 is 15.4 Å². The van der Waals surface area contributed by atoms with E-state index in [0.717, 1.165) is 36.5 Å². The Bertz CT molecular complexity index is 605. The van der Waals surface area contributed by atoms with Crippen LogP contribution in [0.3, 0.4) is 0 Å². The Labute approximate surface area is 130 Å². The maximum Gasteiger partial charge on any atom is 0.228 e. The Balaban J connectivity index is 1.52. The van der Waals surface area contributed by atoms with Crippen molar-refractivity contribution in [3.8, 4) is 5.75 Å². The summed E-state index contributed by atoms with van der Waals surface area (Å²) in [6.07, 6.45) is 0.907. The number of hydrogen-bond donors (Lipinski definition) is 2. The third-order valence-corrected chi connectivity index (χ3v) is 3.80. The molecule has 22 heavy (non-hydrogen) atoms. The number of carbonyl (C=O) groups excluding carboxylic acids is 1. The van der Waals surface area contributed by atoms with Gasteiger partial charge in [0.1, 0.15) is 12.4 Å². The molecule has 1 fully saturated rings. The lowest BCUT2D eigenvalue weighted by molar-refractivity contribution is -0.119. The monoisotopic (exact) mass is 296 g/mol. The van der Waals surface area contributed by atoms with Crippen LogP contribution in [0.25, 0.3) is 0 Å². The fraction of sp³-hybridized carbons (Fsp3) is 0.278. The largest absolute Gasteiger partial charge is 0.489 e. The molecule has 1 atom stereocenters. The molecule has 1 heterocycles. The first-order chi connectivity index (χ1) is 10.8. The van der Waals surface area contributed by atoms with E-state index >= 15 is 0 Å². The van der Waals surface area contributed by atoms with Gasteiger partial charge in [-0.15, -0.1) is 0 Å². The molecule has 2 N–H and O–H groups in total. The molecule has 0 radical (unpaired) electrons. The standard InChI is InChI=1S/C18H20N2O2/c21-18(15-10-11-19-12-15)20-16-6-8-17(9-7-16)22-13-14-4-2-1-3-5-14/h1-9,15,19H,10-13H2,(H,20,21)/t15-/m0/s1. The van der Waals surface area contributed by atoms with Gasteiger partial charge in [0.25, 0.3) is 0 Å². The van der Waals surface area contributed by atoms with Crippen LogP contribution >= 0.6 is 0 Å². The predicted molar refractivity (Wildman–Crippen MR) is 86.8 cm³/mol. The topological polar surface area (TPSA) is 50.4 Å². The zero-order chi connectivity index (χ0) is 15.2. The quantitative estimate of drug-likeness (QED) is 0.892. The fourth-order valence-electron chi connectivity index (χ4n) is 2.50. The summed E-state index contributed by atoms with van der Waals surface area (Å²) in [5, 5.41) is 6.15. The van der Waals surface area contributed by atoms with E-state index in [4.69, 9.17) is 4.74 Å². The third-order valence-electron chi connectivity index (χ3n) is 3.80. The summed E-state index contributed by atoms with van der Waals surface area (Å²) in [5.74, 6) is 0.960. The van der Waals surface area contributed by atoms with E-state index in [-0.39, 0.29) is 11.8 Å². The molecule has 1 amide bonds. The van der Waals surface area contributed by atoms with E-state index < -0.39 is 0 Å². The van der Waals surface area contributed by atoms with E-state index in [1.54, 1.807) is 0 Å². The third kappa shape index (κ3) is 3.86. The molecule has 0 bridgehead atoms. The van der Waals surface area contributed by atoms with Crippen LogP contribution in [0.5, 0.6) is 5.75 Å². The van der Waals surface area contributed by atoms with E-state index in [0.29, 0.717) is 6.61 Å². The summed E-state index contributed by atoms with van der Waals surface area (Å²) in [6, 6.07) is 17.6. The lowest BCUT2D eigenvalue weighted by Crippen LogP contribution is -2.24. The van der Waals surface area contributed by atoms with Crippen LogP contribution in [0, 0.1) is 5.92 Å². The maximum absolute atomic E-state index is 12.0. The molecule has 2 aromatic rings. The van der Waals surface area contributed by atoms with Gasteiger partial charge in [-0.25, -0.2) is 0 Å². The van der Waals surface area contributed by atoms with Crippen LogP contribution in [0.15, 0.2) is 54.6 Å². The maximum atomic E-state index is 12.0. The van der Waals surface area contributed by atoms with Crippen molar-refractivity contribution in [2.75, 3.05) is 18.4 Å². The van der Waals surface area contributed by atoms with Gasteiger partial charge in [0, 0.05) is 12.2 Å². The number of ether oxygens (including phenoxy) is 1. The molecule has 1 saturated heterocycles. The lowest BCUT2D eigenvalue weighted by Gasteiger charge is -2.11. The SMILES string of the molecule is O=C(Nc1ccc(OCc2ccccc2)cc1)[C@H]1CCNC1. The van der Waals surface area contributed by atoms with Gasteiger partial charge in [-0.05, 0) is 42.8 Å². The highest BCUT2D eigenvalue weighted by Crippen LogP contribution is 2.18. The molecule has 0 unspecified atom stereocenters. The van der Waals surface area contributed by atoms with E-state index in [1.807, 2.05) is 54.6 Å². The van der Waals surface area contributed by atoms with Crippen molar-refractivity contribution < 1.29 is 9.53 Å². The highest BCUT2D eigenvalue weighted by Gasteiger charge is 2.22. The molecule has 1 aliphatic heterocycles. The van der Waals surface area contributed by atoms with Crippen molar-refractivity contribution in [1.29, 1.82) is 0 Å². The summed E-state index contributed by atoms with van der Waals surface area (Å²) in [7, 11) is 0. The van der Waals surface area contributed by atoms with Crippen molar-refractivity contribution >= 4 is 11.6 Å². The van der Waals surface area contributed by atoms with Crippen LogP contribution in [-0.4, -0.2) is 19.0 Å². The first kappa shape index (κ1) is 14.6. The summed E-state index contributed by atoms with van der Waals surface area (Å²) >= 11 is 0. The highest BCUT2D eigenvalue weighted by atomic mass is 16.5. The van der Waals surface area contributed by atoms with Crippen LogP contribution in [0.2, 0.25) is 0 Å². The van der Waals surface area contributed by atoms with Gasteiger partial charge in [-0.3, -0.25) is 4.79 Å². The van der Waals surface area contributed by atoms with Gasteiger partial charge < -0.3 is 15.4 Å². The second kappa shape index (κ2) is 7.09. The van der Waals surface area contributed by atoms with E-state index in [9.17, 15) is 4.79 Å². The Hall–Kier alpha value is -2.33. The summed E-state index contributed by atoms with van der Waals surface area (Å²) in [4.78, 5) is 12.0. The minimum absolute atomic E-state index is 0.0778. The molecule has 0 aromatic heterocycles. The zero-order valence-electron chi connectivity index (χ0n) is 12.4. The van der Waals surface area contributed by atoms with Crippen molar-refractivity contribution in [3.63, 3.8) is 0 Å². The molecule has 1 aliphatic rings. The normalized spacial score (nSPS) is 17.2. The Kier molecular flexibility index (Phi) is 4.71. The van der Waals surface area contributed by atoms with Gasteiger partial charge in [0.2, 0.25) is 5.91 Å². The zero-order valence-corrected chi connectivity index (χ0v) is 12.4. The molecule has 0 spiro atoms. The van der Waals surface area contributed by atoms with Crippen molar-refractivity contribution in [1.82, 2.24) is 5.32 Å². The molecule has 3 rings (SSSR count). The fourth-order valence-corrected chi connectivity index (χ4v) is 2.50. The van der Waals surface area contributed by atoms with E-state index in [2.05, 4.69) is 10.6 Å². The molecule has 4 nitrogen and oxygen atoms in total. The number of anilines is 1. The summed E-state index contributed by atoms with van der Waals surface area (Å²) in [6.45, 7) is 2.23. The summed E-state index contributed by atoms with van der Waals surface area (Å²) in [5.41, 5.74) is 1.94. The molecule has 0 saturated carbocycles. The molecule has 4 heteroatoms. The summed E-state index contributed by atoms with van der Waals surface area (Å²) < 4.78 is 5.73.